The van der Waals surface area contributed by atoms with E-state index in [0.717, 1.165) is 38.6 Å². The van der Waals surface area contributed by atoms with E-state index >= 15 is 0 Å². The molecule has 1 saturated heterocycles. The molecule has 0 aromatic heterocycles. The molecule has 0 aliphatic carbocycles. The van der Waals surface area contributed by atoms with E-state index in [1.54, 1.807) is 0 Å². The lowest BCUT2D eigenvalue weighted by Crippen LogP contribution is -2.42. The van der Waals surface area contributed by atoms with E-state index in [2.05, 4.69) is 22.3 Å². The molecule has 1 rings (SSSR count). The zero-order chi connectivity index (χ0) is 14.1. The van der Waals surface area contributed by atoms with Crippen molar-refractivity contribution in [1.29, 1.82) is 0 Å². The first kappa shape index (κ1) is 16.0. The molecule has 0 saturated carbocycles. The van der Waals surface area contributed by atoms with Crippen molar-refractivity contribution >= 4 is 11.9 Å². The van der Waals surface area contributed by atoms with Gasteiger partial charge in [-0.25, -0.2) is 0 Å². The Bertz CT molecular complexity index is 294. The normalized spacial score (nSPS) is 22.8. The maximum atomic E-state index is 11.9. The molecule has 1 heterocycles. The van der Waals surface area contributed by atoms with Crippen LogP contribution < -0.4 is 10.6 Å². The molecule has 2 N–H and O–H groups in total. The van der Waals surface area contributed by atoms with Crippen molar-refractivity contribution in [3.63, 3.8) is 0 Å². The van der Waals surface area contributed by atoms with Gasteiger partial charge in [-0.2, -0.15) is 0 Å². The summed E-state index contributed by atoms with van der Waals surface area (Å²) in [5, 5.41) is 6.34. The molecule has 0 spiro atoms. The van der Waals surface area contributed by atoms with Crippen LogP contribution in [0, 0.1) is 5.92 Å². The molecular formula is C14H26N2O3. The van der Waals surface area contributed by atoms with Crippen LogP contribution in [0.3, 0.4) is 0 Å². The van der Waals surface area contributed by atoms with Crippen LogP contribution in [0.4, 0.5) is 0 Å². The lowest BCUT2D eigenvalue weighted by molar-refractivity contribution is -0.140. The first-order valence-electron chi connectivity index (χ1n) is 7.21. The van der Waals surface area contributed by atoms with Crippen LogP contribution in [0.5, 0.6) is 0 Å². The number of nitrogens with one attached hydrogen (secondary N) is 2. The molecule has 1 amide bonds. The fraction of sp³-hybridized carbons (Fsp3) is 0.857. The molecule has 2 atom stereocenters. The Kier molecular flexibility index (Phi) is 7.48. The van der Waals surface area contributed by atoms with Gasteiger partial charge >= 0.3 is 5.97 Å². The smallest absolute Gasteiger partial charge is 0.305 e. The summed E-state index contributed by atoms with van der Waals surface area (Å²) in [6.07, 6.45) is 5.01. The van der Waals surface area contributed by atoms with Gasteiger partial charge in [0.25, 0.3) is 0 Å². The van der Waals surface area contributed by atoms with Gasteiger partial charge in [0.2, 0.25) is 5.91 Å². The zero-order valence-corrected chi connectivity index (χ0v) is 12.0. The average molecular weight is 270 g/mol. The van der Waals surface area contributed by atoms with Gasteiger partial charge in [0, 0.05) is 24.9 Å². The Morgan fingerprint density at radius 3 is 2.79 bits per heavy atom. The first-order valence-corrected chi connectivity index (χ1v) is 7.21. The van der Waals surface area contributed by atoms with Gasteiger partial charge in [-0.15, -0.1) is 0 Å². The van der Waals surface area contributed by atoms with Crippen LogP contribution in [0.2, 0.25) is 0 Å². The summed E-state index contributed by atoms with van der Waals surface area (Å²) in [6.45, 7) is 3.75. The summed E-state index contributed by atoms with van der Waals surface area (Å²) >= 11 is 0. The number of esters is 1. The minimum atomic E-state index is -0.160. The highest BCUT2D eigenvalue weighted by atomic mass is 16.5. The molecule has 0 bridgehead atoms. The first-order chi connectivity index (χ1) is 9.13. The van der Waals surface area contributed by atoms with Gasteiger partial charge in [0.1, 0.15) is 0 Å². The largest absolute Gasteiger partial charge is 0.469 e. The Labute approximate surface area is 115 Å². The summed E-state index contributed by atoms with van der Waals surface area (Å²) in [4.78, 5) is 22.8. The second-order valence-corrected chi connectivity index (χ2v) is 5.25. The van der Waals surface area contributed by atoms with Crippen molar-refractivity contribution in [2.75, 3.05) is 20.2 Å². The summed E-state index contributed by atoms with van der Waals surface area (Å²) in [6, 6.07) is 0.435. The van der Waals surface area contributed by atoms with Crippen molar-refractivity contribution in [1.82, 2.24) is 10.6 Å². The highest BCUT2D eigenvalue weighted by Gasteiger charge is 2.23. The molecule has 0 unspecified atom stereocenters. The molecule has 5 nitrogen and oxygen atoms in total. The van der Waals surface area contributed by atoms with Crippen molar-refractivity contribution in [3.05, 3.63) is 0 Å². The summed E-state index contributed by atoms with van der Waals surface area (Å²) < 4.78 is 4.57. The third-order valence-electron chi connectivity index (χ3n) is 3.58. The molecule has 110 valence electrons. The van der Waals surface area contributed by atoms with Crippen molar-refractivity contribution in [2.24, 2.45) is 5.92 Å². The second-order valence-electron chi connectivity index (χ2n) is 5.25. The lowest BCUT2D eigenvalue weighted by Gasteiger charge is -2.27. The van der Waals surface area contributed by atoms with E-state index < -0.39 is 0 Å². The molecule has 19 heavy (non-hydrogen) atoms. The van der Waals surface area contributed by atoms with Crippen molar-refractivity contribution < 1.29 is 14.3 Å². The monoisotopic (exact) mass is 270 g/mol. The number of rotatable bonds is 7. The van der Waals surface area contributed by atoms with Crippen LogP contribution in [-0.2, 0) is 14.3 Å². The van der Waals surface area contributed by atoms with Gasteiger partial charge in [0.15, 0.2) is 0 Å². The number of unbranched alkanes of at least 4 members (excludes halogenated alkanes) is 2. The van der Waals surface area contributed by atoms with Gasteiger partial charge in [0.05, 0.1) is 7.11 Å². The highest BCUT2D eigenvalue weighted by Crippen LogP contribution is 2.15. The third kappa shape index (κ3) is 6.57. The fourth-order valence-corrected chi connectivity index (χ4v) is 2.40. The number of ether oxygens (including phenoxy) is 1. The van der Waals surface area contributed by atoms with E-state index in [9.17, 15) is 9.59 Å². The van der Waals surface area contributed by atoms with Crippen LogP contribution in [-0.4, -0.2) is 38.1 Å². The number of methoxy groups -OCH3 is 1. The topological polar surface area (TPSA) is 67.4 Å². The van der Waals surface area contributed by atoms with E-state index in [-0.39, 0.29) is 17.8 Å². The van der Waals surface area contributed by atoms with Gasteiger partial charge in [-0.3, -0.25) is 9.59 Å². The van der Waals surface area contributed by atoms with Crippen LogP contribution in [0.25, 0.3) is 0 Å². The van der Waals surface area contributed by atoms with E-state index in [1.165, 1.54) is 7.11 Å². The quantitative estimate of drug-likeness (QED) is 0.539. The number of piperidine rings is 1. The summed E-state index contributed by atoms with van der Waals surface area (Å²) in [7, 11) is 1.41. The fourth-order valence-electron chi connectivity index (χ4n) is 2.40. The molecule has 0 radical (unpaired) electrons. The van der Waals surface area contributed by atoms with Crippen molar-refractivity contribution in [2.45, 2.75) is 51.5 Å². The molecule has 1 aliphatic rings. The minimum Gasteiger partial charge on any atom is -0.469 e. The Morgan fingerprint density at radius 1 is 1.32 bits per heavy atom. The maximum Gasteiger partial charge on any atom is 0.305 e. The predicted octanol–water partition coefficient (Wildman–Crippen LogP) is 1.22. The number of hydrogen-bond acceptors (Lipinski definition) is 4. The highest BCUT2D eigenvalue weighted by molar-refractivity contribution is 5.78. The summed E-state index contributed by atoms with van der Waals surface area (Å²) in [5.41, 5.74) is 0. The average Bonchev–Trinajstić information content (AvgIpc) is 2.42. The maximum absolute atomic E-state index is 11.9. The predicted molar refractivity (Wildman–Crippen MR) is 73.7 cm³/mol. The van der Waals surface area contributed by atoms with E-state index in [4.69, 9.17) is 0 Å². The Hall–Kier alpha value is -1.10. The Morgan fingerprint density at radius 2 is 2.11 bits per heavy atom. The number of carbonyl (C=O) groups is 2. The van der Waals surface area contributed by atoms with Crippen LogP contribution >= 0.6 is 0 Å². The summed E-state index contributed by atoms with van der Waals surface area (Å²) in [5.74, 6) is 0.181. The number of hydrogen-bond donors (Lipinski definition) is 2. The molecular weight excluding hydrogens is 244 g/mol. The third-order valence-corrected chi connectivity index (χ3v) is 3.58. The van der Waals surface area contributed by atoms with Crippen molar-refractivity contribution in [3.8, 4) is 0 Å². The molecule has 5 heteroatoms. The molecule has 1 aliphatic heterocycles. The van der Waals surface area contributed by atoms with Gasteiger partial charge < -0.3 is 15.4 Å². The molecule has 0 aromatic rings. The van der Waals surface area contributed by atoms with Crippen LogP contribution in [0.1, 0.15) is 45.4 Å². The minimum absolute atomic E-state index is 0.159. The van der Waals surface area contributed by atoms with Gasteiger partial charge in [-0.05, 0) is 39.2 Å². The van der Waals surface area contributed by atoms with Gasteiger partial charge in [-0.1, -0.05) is 6.42 Å². The number of amides is 1. The van der Waals surface area contributed by atoms with E-state index in [0.29, 0.717) is 19.0 Å². The standard InChI is InChI=1S/C14H26N2O3/c1-11-10-12(7-9-15-11)14(18)16-8-5-3-4-6-13(17)19-2/h11-12,15H,3-10H2,1-2H3,(H,16,18)/t11-,12-/m0/s1. The molecule has 0 aromatic carbocycles. The lowest BCUT2D eigenvalue weighted by atomic mass is 9.92. The second kappa shape index (κ2) is 8.91. The Balaban J connectivity index is 2.02. The zero-order valence-electron chi connectivity index (χ0n) is 12.0. The number of carbonyl (C=O) groups excluding carboxylic acids is 2. The van der Waals surface area contributed by atoms with Crippen LogP contribution in [0.15, 0.2) is 0 Å². The molecule has 1 fully saturated rings. The SMILES string of the molecule is COC(=O)CCCCCNC(=O)[C@H]1CCN[C@@H](C)C1. The van der Waals surface area contributed by atoms with E-state index in [1.807, 2.05) is 0 Å².